The first kappa shape index (κ1) is 22.9. The van der Waals surface area contributed by atoms with Crippen molar-refractivity contribution in [1.82, 2.24) is 10.2 Å². The molecule has 1 aromatic rings. The molecule has 28 heavy (non-hydrogen) atoms. The molecule has 1 saturated heterocycles. The second kappa shape index (κ2) is 10.4. The van der Waals surface area contributed by atoms with Gasteiger partial charge in [0.15, 0.2) is 17.5 Å². The summed E-state index contributed by atoms with van der Waals surface area (Å²) in [5.41, 5.74) is 1.53. The van der Waals surface area contributed by atoms with Crippen LogP contribution in [0.2, 0.25) is 0 Å². The van der Waals surface area contributed by atoms with Gasteiger partial charge in [-0.05, 0) is 36.8 Å². The van der Waals surface area contributed by atoms with Crippen molar-refractivity contribution in [2.24, 2.45) is 10.4 Å². The van der Waals surface area contributed by atoms with E-state index >= 15 is 0 Å². The van der Waals surface area contributed by atoms with Crippen LogP contribution in [-0.2, 0) is 6.54 Å². The molecule has 6 nitrogen and oxygen atoms in total. The number of methoxy groups -OCH3 is 3. The summed E-state index contributed by atoms with van der Waals surface area (Å²) in [6.07, 6.45) is 8.17. The van der Waals surface area contributed by atoms with Gasteiger partial charge in [0.05, 0.1) is 21.3 Å². The summed E-state index contributed by atoms with van der Waals surface area (Å²) >= 11 is 0. The number of likely N-dealkylation sites (tertiary alicyclic amines) is 1. The van der Waals surface area contributed by atoms with Gasteiger partial charge in [-0.3, -0.25) is 4.99 Å². The highest BCUT2D eigenvalue weighted by molar-refractivity contribution is 14.0. The van der Waals surface area contributed by atoms with Crippen molar-refractivity contribution in [1.29, 1.82) is 0 Å². The molecule has 0 bridgehead atoms. The molecule has 1 aromatic carbocycles. The Morgan fingerprint density at radius 3 is 2.36 bits per heavy atom. The van der Waals surface area contributed by atoms with E-state index in [2.05, 4.69) is 15.2 Å². The van der Waals surface area contributed by atoms with E-state index in [0.29, 0.717) is 29.2 Å². The minimum Gasteiger partial charge on any atom is -0.493 e. The Labute approximate surface area is 186 Å². The zero-order valence-corrected chi connectivity index (χ0v) is 19.9. The lowest BCUT2D eigenvalue weighted by molar-refractivity contribution is 0.203. The average Bonchev–Trinajstić information content (AvgIpc) is 3.11. The molecule has 0 unspecified atom stereocenters. The Kier molecular flexibility index (Phi) is 8.52. The first-order valence-corrected chi connectivity index (χ1v) is 9.90. The number of benzene rings is 1. The number of guanidine groups is 1. The second-order valence-corrected chi connectivity index (χ2v) is 7.63. The van der Waals surface area contributed by atoms with E-state index < -0.39 is 0 Å². The molecule has 1 spiro atoms. The first-order valence-electron chi connectivity index (χ1n) is 9.90. The quantitative estimate of drug-likeness (QED) is 0.373. The van der Waals surface area contributed by atoms with E-state index in [0.717, 1.165) is 24.6 Å². The monoisotopic (exact) mass is 503 g/mol. The molecule has 7 heteroatoms. The van der Waals surface area contributed by atoms with Gasteiger partial charge in [0.25, 0.3) is 0 Å². The fourth-order valence-corrected chi connectivity index (χ4v) is 4.63. The second-order valence-electron chi connectivity index (χ2n) is 7.63. The van der Waals surface area contributed by atoms with Crippen LogP contribution in [-0.4, -0.2) is 52.3 Å². The van der Waals surface area contributed by atoms with E-state index in [1.165, 1.54) is 38.5 Å². The molecule has 1 heterocycles. The summed E-state index contributed by atoms with van der Waals surface area (Å²) < 4.78 is 16.4. The van der Waals surface area contributed by atoms with E-state index in [1.54, 1.807) is 21.3 Å². The summed E-state index contributed by atoms with van der Waals surface area (Å²) in [7, 11) is 6.78. The normalized spacial score (nSPS) is 18.6. The zero-order valence-electron chi connectivity index (χ0n) is 17.5. The SMILES string of the molecule is CN=C(NCc1ccc(OC)c(OC)c1OC)N1CCC2(CCCCC2)C1.I. The van der Waals surface area contributed by atoms with Crippen molar-refractivity contribution in [3.63, 3.8) is 0 Å². The number of hydrogen-bond donors (Lipinski definition) is 1. The lowest BCUT2D eigenvalue weighted by atomic mass is 9.73. The molecular weight excluding hydrogens is 469 g/mol. The molecule has 1 N–H and O–H groups in total. The lowest BCUT2D eigenvalue weighted by Gasteiger charge is -2.33. The van der Waals surface area contributed by atoms with Crippen LogP contribution >= 0.6 is 24.0 Å². The molecule has 0 aromatic heterocycles. The van der Waals surface area contributed by atoms with Crippen LogP contribution in [0.5, 0.6) is 17.2 Å². The summed E-state index contributed by atoms with van der Waals surface area (Å²) in [5, 5.41) is 3.51. The van der Waals surface area contributed by atoms with Gasteiger partial charge in [0, 0.05) is 32.2 Å². The van der Waals surface area contributed by atoms with Gasteiger partial charge in [-0.25, -0.2) is 0 Å². The summed E-state index contributed by atoms with van der Waals surface area (Å²) in [5.74, 6) is 2.96. The number of ether oxygens (including phenoxy) is 3. The van der Waals surface area contributed by atoms with Crippen molar-refractivity contribution < 1.29 is 14.2 Å². The summed E-state index contributed by atoms with van der Waals surface area (Å²) in [6.45, 7) is 2.83. The van der Waals surface area contributed by atoms with Crippen LogP contribution in [0, 0.1) is 5.41 Å². The molecule has 158 valence electrons. The average molecular weight is 503 g/mol. The van der Waals surface area contributed by atoms with Gasteiger partial charge < -0.3 is 24.4 Å². The lowest BCUT2D eigenvalue weighted by Crippen LogP contribution is -2.41. The summed E-state index contributed by atoms with van der Waals surface area (Å²) in [6, 6.07) is 3.92. The molecule has 1 saturated carbocycles. The minimum atomic E-state index is 0. The van der Waals surface area contributed by atoms with Crippen LogP contribution in [0.1, 0.15) is 44.1 Å². The molecule has 3 rings (SSSR count). The topological polar surface area (TPSA) is 55.3 Å². The highest BCUT2D eigenvalue weighted by Gasteiger charge is 2.39. The van der Waals surface area contributed by atoms with Gasteiger partial charge in [0.2, 0.25) is 5.75 Å². The fourth-order valence-electron chi connectivity index (χ4n) is 4.63. The number of halogens is 1. The van der Waals surface area contributed by atoms with Gasteiger partial charge in [0.1, 0.15) is 0 Å². The Morgan fingerprint density at radius 1 is 1.04 bits per heavy atom. The Bertz CT molecular complexity index is 675. The third-order valence-electron chi connectivity index (χ3n) is 6.09. The number of aliphatic imine (C=N–C) groups is 1. The standard InChI is InChI=1S/C21H33N3O3.HI/c1-22-20(24-13-12-21(15-24)10-6-5-7-11-21)23-14-16-8-9-17(25-2)19(27-4)18(16)26-3;/h8-9H,5-7,10-15H2,1-4H3,(H,22,23);1H. The van der Waals surface area contributed by atoms with Crippen LogP contribution in [0.4, 0.5) is 0 Å². The van der Waals surface area contributed by atoms with Crippen molar-refractivity contribution in [3.8, 4) is 17.2 Å². The van der Waals surface area contributed by atoms with Crippen LogP contribution in [0.3, 0.4) is 0 Å². The first-order chi connectivity index (χ1) is 13.2. The predicted molar refractivity (Wildman–Crippen MR) is 123 cm³/mol. The molecule has 0 radical (unpaired) electrons. The number of nitrogens with one attached hydrogen (secondary N) is 1. The van der Waals surface area contributed by atoms with E-state index in [9.17, 15) is 0 Å². The van der Waals surface area contributed by atoms with Crippen molar-refractivity contribution >= 4 is 29.9 Å². The maximum Gasteiger partial charge on any atom is 0.203 e. The predicted octanol–water partition coefficient (Wildman–Crippen LogP) is 4.06. The highest BCUT2D eigenvalue weighted by Crippen LogP contribution is 2.44. The minimum absolute atomic E-state index is 0. The van der Waals surface area contributed by atoms with Gasteiger partial charge >= 0.3 is 0 Å². The van der Waals surface area contributed by atoms with Crippen LogP contribution in [0.25, 0.3) is 0 Å². The molecule has 2 aliphatic rings. The van der Waals surface area contributed by atoms with Gasteiger partial charge in [-0.15, -0.1) is 24.0 Å². The Morgan fingerprint density at radius 2 is 1.75 bits per heavy atom. The largest absolute Gasteiger partial charge is 0.493 e. The van der Waals surface area contributed by atoms with Crippen LogP contribution in [0.15, 0.2) is 17.1 Å². The van der Waals surface area contributed by atoms with Crippen LogP contribution < -0.4 is 19.5 Å². The number of rotatable bonds is 5. The zero-order chi connectivity index (χ0) is 19.3. The van der Waals surface area contributed by atoms with Gasteiger partial charge in [-0.1, -0.05) is 19.3 Å². The molecule has 1 aliphatic carbocycles. The third kappa shape index (κ3) is 4.78. The Balaban J connectivity index is 0.00000280. The van der Waals surface area contributed by atoms with E-state index in [-0.39, 0.29) is 24.0 Å². The number of hydrogen-bond acceptors (Lipinski definition) is 4. The third-order valence-corrected chi connectivity index (χ3v) is 6.09. The molecule has 0 amide bonds. The maximum atomic E-state index is 5.59. The maximum absolute atomic E-state index is 5.59. The van der Waals surface area contributed by atoms with Gasteiger partial charge in [-0.2, -0.15) is 0 Å². The molecule has 0 atom stereocenters. The number of nitrogens with zero attached hydrogens (tertiary/aromatic N) is 2. The Hall–Kier alpha value is -1.38. The van der Waals surface area contributed by atoms with E-state index in [1.807, 2.05) is 19.2 Å². The molecular formula is C21H34IN3O3. The molecule has 2 fully saturated rings. The van der Waals surface area contributed by atoms with E-state index in [4.69, 9.17) is 14.2 Å². The smallest absolute Gasteiger partial charge is 0.203 e. The van der Waals surface area contributed by atoms with Crippen molar-refractivity contribution in [2.45, 2.75) is 45.1 Å². The van der Waals surface area contributed by atoms with Crippen molar-refractivity contribution in [2.75, 3.05) is 41.5 Å². The van der Waals surface area contributed by atoms with Crippen molar-refractivity contribution in [3.05, 3.63) is 17.7 Å². The molecule has 1 aliphatic heterocycles. The highest BCUT2D eigenvalue weighted by atomic mass is 127. The summed E-state index contributed by atoms with van der Waals surface area (Å²) in [4.78, 5) is 6.94. The fraction of sp³-hybridized carbons (Fsp3) is 0.667.